The molecule has 0 unspecified atom stereocenters. The first-order valence-corrected chi connectivity index (χ1v) is 20.0. The summed E-state index contributed by atoms with van der Waals surface area (Å²) in [5.41, 5.74) is 1.84. The Hall–Kier alpha value is -6.68. The van der Waals surface area contributed by atoms with Crippen molar-refractivity contribution in [3.05, 3.63) is 154 Å². The molecule has 10 heteroatoms. The van der Waals surface area contributed by atoms with Crippen LogP contribution in [-0.2, 0) is 17.3 Å². The molecule has 6 aromatic carbocycles. The van der Waals surface area contributed by atoms with E-state index in [9.17, 15) is 24.2 Å². The highest BCUT2D eigenvalue weighted by molar-refractivity contribution is 6.34. The van der Waals surface area contributed by atoms with Crippen LogP contribution in [0.3, 0.4) is 0 Å². The Morgan fingerprint density at radius 3 is 1.47 bits per heavy atom. The molecule has 60 heavy (non-hydrogen) atoms. The van der Waals surface area contributed by atoms with E-state index in [2.05, 4.69) is 59.1 Å². The summed E-state index contributed by atoms with van der Waals surface area (Å²) in [6.07, 6.45) is 2.95. The van der Waals surface area contributed by atoms with Gasteiger partial charge in [0.2, 0.25) is 11.6 Å². The molecular formula is C50H48F2N2O6. The van der Waals surface area contributed by atoms with Crippen LogP contribution in [-0.4, -0.2) is 21.8 Å². The molecule has 4 N–H and O–H groups in total. The Labute approximate surface area is 348 Å². The molecule has 6 aromatic rings. The van der Waals surface area contributed by atoms with Crippen LogP contribution in [0.2, 0.25) is 0 Å². The number of hydrogen-bond acceptors (Lipinski definition) is 8. The van der Waals surface area contributed by atoms with Crippen molar-refractivity contribution in [3.8, 4) is 34.5 Å². The van der Waals surface area contributed by atoms with E-state index in [0.717, 1.165) is 48.1 Å². The lowest BCUT2D eigenvalue weighted by molar-refractivity contribution is 0.0974. The fraction of sp³-hybridized carbons (Fsp3) is 0.240. The van der Waals surface area contributed by atoms with Crippen molar-refractivity contribution in [3.63, 3.8) is 0 Å². The molecule has 0 heterocycles. The van der Waals surface area contributed by atoms with Crippen LogP contribution in [0.15, 0.2) is 103 Å². The van der Waals surface area contributed by atoms with Gasteiger partial charge in [0.1, 0.15) is 23.1 Å². The van der Waals surface area contributed by atoms with Gasteiger partial charge in [0, 0.05) is 23.9 Å². The summed E-state index contributed by atoms with van der Waals surface area (Å²) in [5, 5.41) is 29.9. The first-order valence-electron chi connectivity index (χ1n) is 20.0. The molecule has 1 aliphatic rings. The molecule has 0 aromatic heterocycles. The van der Waals surface area contributed by atoms with Gasteiger partial charge in [-0.15, -0.1) is 0 Å². The number of carbonyl (C=O) groups excluding carboxylic acids is 2. The van der Waals surface area contributed by atoms with Crippen molar-refractivity contribution in [2.24, 2.45) is 0 Å². The van der Waals surface area contributed by atoms with Gasteiger partial charge in [-0.25, -0.2) is 8.78 Å². The second-order valence-electron chi connectivity index (χ2n) is 17.1. The Bertz CT molecular complexity index is 2610. The molecular weight excluding hydrogens is 763 g/mol. The van der Waals surface area contributed by atoms with Gasteiger partial charge < -0.3 is 30.3 Å². The number of aryl methyl sites for hydroxylation is 1. The van der Waals surface area contributed by atoms with E-state index in [1.165, 1.54) is 12.1 Å². The number of rotatable bonds is 11. The maximum Gasteiger partial charge on any atom is 0.200 e. The van der Waals surface area contributed by atoms with E-state index in [4.69, 9.17) is 9.47 Å². The summed E-state index contributed by atoms with van der Waals surface area (Å²) >= 11 is 0. The summed E-state index contributed by atoms with van der Waals surface area (Å²) < 4.78 is 41.6. The highest BCUT2D eigenvalue weighted by Crippen LogP contribution is 2.51. The number of ketones is 2. The van der Waals surface area contributed by atoms with Crippen LogP contribution in [0.5, 0.6) is 34.5 Å². The monoisotopic (exact) mass is 810 g/mol. The van der Waals surface area contributed by atoms with Crippen LogP contribution in [0.25, 0.3) is 0 Å². The third kappa shape index (κ3) is 8.41. The fourth-order valence-electron chi connectivity index (χ4n) is 7.14. The Morgan fingerprint density at radius 2 is 1.03 bits per heavy atom. The van der Waals surface area contributed by atoms with Crippen molar-refractivity contribution < 1.29 is 38.1 Å². The van der Waals surface area contributed by atoms with Crippen LogP contribution < -0.4 is 20.1 Å². The maximum absolute atomic E-state index is 15.2. The summed E-state index contributed by atoms with van der Waals surface area (Å²) in [6, 6.07) is 27.7. The van der Waals surface area contributed by atoms with Gasteiger partial charge in [-0.2, -0.15) is 0 Å². The lowest BCUT2D eigenvalue weighted by atomic mass is 9.80. The van der Waals surface area contributed by atoms with Crippen LogP contribution in [0, 0.1) is 11.6 Å². The standard InChI is InChI=1S/C50H48F2N2O6/c1-8-9-10-28-11-18-32(19-12-28)53-37-26-39(59-33-20-13-29(14-21-33)49(2,3)4)45(55)43-41(37)47(57)44-42(48(43)58)38(54-36-24-17-31(51)25-35(36)52)27-40(46(44)56)60-34-22-15-30(16-23-34)50(5,6)7/h11-27,53-56H,8-10H2,1-7H3. The molecule has 0 bridgehead atoms. The molecule has 0 saturated heterocycles. The number of benzene rings is 6. The summed E-state index contributed by atoms with van der Waals surface area (Å²) in [4.78, 5) is 29.9. The molecule has 308 valence electrons. The smallest absolute Gasteiger partial charge is 0.200 e. The number of anilines is 4. The van der Waals surface area contributed by atoms with E-state index in [1.54, 1.807) is 24.3 Å². The normalized spacial score (nSPS) is 12.5. The second-order valence-corrected chi connectivity index (χ2v) is 17.1. The number of hydrogen-bond donors (Lipinski definition) is 4. The average Bonchev–Trinajstić information content (AvgIpc) is 3.19. The van der Waals surface area contributed by atoms with Crippen molar-refractivity contribution in [2.75, 3.05) is 10.6 Å². The minimum absolute atomic E-state index is 0.120. The van der Waals surface area contributed by atoms with Crippen molar-refractivity contribution in [1.29, 1.82) is 0 Å². The molecule has 0 saturated carbocycles. The topological polar surface area (TPSA) is 117 Å². The van der Waals surface area contributed by atoms with Gasteiger partial charge in [0.15, 0.2) is 23.0 Å². The van der Waals surface area contributed by atoms with Crippen LogP contribution in [0.4, 0.5) is 31.5 Å². The molecule has 0 amide bonds. The molecule has 8 nitrogen and oxygen atoms in total. The zero-order valence-corrected chi connectivity index (χ0v) is 34.7. The molecule has 0 aliphatic heterocycles. The SMILES string of the molecule is CCCCc1ccc(Nc2cc(Oc3ccc(C(C)(C)C)cc3)c(O)c3c2C(=O)c2c(O)c(Oc4ccc(C(C)(C)C)cc4)cc(Nc4ccc(F)cc4F)c2C3=O)cc1. The van der Waals surface area contributed by atoms with E-state index in [-0.39, 0.29) is 50.5 Å². The Kier molecular flexibility index (Phi) is 11.2. The van der Waals surface area contributed by atoms with E-state index in [1.807, 2.05) is 48.5 Å². The quantitative estimate of drug-likeness (QED) is 0.0954. The summed E-state index contributed by atoms with van der Waals surface area (Å²) in [6.45, 7) is 14.6. The van der Waals surface area contributed by atoms with Gasteiger partial charge in [-0.05, 0) is 88.9 Å². The van der Waals surface area contributed by atoms with Crippen molar-refractivity contribution >= 4 is 34.3 Å². The summed E-state index contributed by atoms with van der Waals surface area (Å²) in [7, 11) is 0. The zero-order valence-electron chi connectivity index (χ0n) is 34.7. The number of ether oxygens (including phenoxy) is 2. The molecule has 0 spiro atoms. The molecule has 0 atom stereocenters. The fourth-order valence-corrected chi connectivity index (χ4v) is 7.14. The van der Waals surface area contributed by atoms with E-state index in [0.29, 0.717) is 23.3 Å². The molecule has 7 rings (SSSR count). The van der Waals surface area contributed by atoms with Gasteiger partial charge in [0.25, 0.3) is 0 Å². The van der Waals surface area contributed by atoms with Crippen LogP contribution >= 0.6 is 0 Å². The van der Waals surface area contributed by atoms with Crippen molar-refractivity contribution in [1.82, 2.24) is 0 Å². The predicted octanol–water partition coefficient (Wildman–Crippen LogP) is 13.2. The second kappa shape index (κ2) is 16.2. The number of phenols is 2. The lowest BCUT2D eigenvalue weighted by Crippen LogP contribution is -2.24. The number of unbranched alkanes of at least 4 members (excludes halogenated alkanes) is 1. The Morgan fingerprint density at radius 1 is 0.567 bits per heavy atom. The van der Waals surface area contributed by atoms with Gasteiger partial charge >= 0.3 is 0 Å². The number of nitrogens with one attached hydrogen (secondary N) is 2. The third-order valence-electron chi connectivity index (χ3n) is 10.6. The van der Waals surface area contributed by atoms with Crippen molar-refractivity contribution in [2.45, 2.75) is 78.6 Å². The van der Waals surface area contributed by atoms with Crippen LogP contribution in [0.1, 0.15) is 110 Å². The lowest BCUT2D eigenvalue weighted by Gasteiger charge is -2.27. The highest BCUT2D eigenvalue weighted by atomic mass is 19.1. The molecule has 0 fully saturated rings. The first kappa shape index (κ1) is 41.5. The number of carbonyl (C=O) groups is 2. The van der Waals surface area contributed by atoms with Gasteiger partial charge in [-0.1, -0.05) is 91.3 Å². The summed E-state index contributed by atoms with van der Waals surface area (Å²) in [5.74, 6) is -4.42. The number of aromatic hydroxyl groups is 2. The van der Waals surface area contributed by atoms with E-state index < -0.39 is 45.8 Å². The minimum atomic E-state index is -0.977. The molecule has 1 aliphatic carbocycles. The highest BCUT2D eigenvalue weighted by Gasteiger charge is 2.41. The number of halogens is 2. The molecule has 0 radical (unpaired) electrons. The maximum atomic E-state index is 15.2. The number of fused-ring (bicyclic) bond motifs is 2. The first-order chi connectivity index (χ1) is 28.4. The number of phenolic OH excluding ortho intramolecular Hbond substituents is 2. The predicted molar refractivity (Wildman–Crippen MR) is 231 cm³/mol. The largest absolute Gasteiger partial charge is 0.504 e. The Balaban J connectivity index is 1.40. The zero-order chi connectivity index (χ0) is 43.1. The van der Waals surface area contributed by atoms with E-state index >= 15 is 4.39 Å². The third-order valence-corrected chi connectivity index (χ3v) is 10.6. The average molecular weight is 811 g/mol. The minimum Gasteiger partial charge on any atom is -0.504 e. The van der Waals surface area contributed by atoms with Gasteiger partial charge in [-0.3, -0.25) is 9.59 Å². The van der Waals surface area contributed by atoms with Gasteiger partial charge in [0.05, 0.1) is 39.3 Å².